The zero-order chi connectivity index (χ0) is 19.4. The lowest BCUT2D eigenvalue weighted by Crippen LogP contribution is -2.25. The molecule has 1 amide bonds. The van der Waals surface area contributed by atoms with E-state index in [-0.39, 0.29) is 12.0 Å². The van der Waals surface area contributed by atoms with Crippen molar-refractivity contribution in [1.29, 1.82) is 0 Å². The predicted octanol–water partition coefficient (Wildman–Crippen LogP) is 4.83. The standard InChI is InChI=1S/C23H27NO3/c1-15(2)26-13-19-8-6-5-7-18(19)12-24-22(25)11-20-14-27-23-17(4)16(3)9-10-21(20)23/h5-10,14-15H,11-13H2,1-4H3,(H,24,25). The molecular weight excluding hydrogens is 338 g/mol. The highest BCUT2D eigenvalue weighted by atomic mass is 16.5. The molecule has 0 spiro atoms. The Labute approximate surface area is 160 Å². The van der Waals surface area contributed by atoms with E-state index in [2.05, 4.69) is 18.3 Å². The van der Waals surface area contributed by atoms with E-state index in [4.69, 9.17) is 9.15 Å². The van der Waals surface area contributed by atoms with Gasteiger partial charge in [-0.3, -0.25) is 4.79 Å². The number of benzene rings is 2. The van der Waals surface area contributed by atoms with Gasteiger partial charge in [0.25, 0.3) is 0 Å². The van der Waals surface area contributed by atoms with Crippen LogP contribution in [0, 0.1) is 13.8 Å². The lowest BCUT2D eigenvalue weighted by Gasteiger charge is -2.13. The minimum atomic E-state index is -0.0180. The summed E-state index contributed by atoms with van der Waals surface area (Å²) in [5.41, 5.74) is 6.28. The van der Waals surface area contributed by atoms with E-state index in [0.29, 0.717) is 19.6 Å². The Hall–Kier alpha value is -2.59. The van der Waals surface area contributed by atoms with Crippen LogP contribution < -0.4 is 5.32 Å². The number of rotatable bonds is 7. The molecule has 27 heavy (non-hydrogen) atoms. The van der Waals surface area contributed by atoms with Gasteiger partial charge < -0.3 is 14.5 Å². The summed E-state index contributed by atoms with van der Waals surface area (Å²) in [4.78, 5) is 12.5. The van der Waals surface area contributed by atoms with Gasteiger partial charge in [0.1, 0.15) is 5.58 Å². The van der Waals surface area contributed by atoms with Crippen LogP contribution in [-0.4, -0.2) is 12.0 Å². The number of carbonyl (C=O) groups excluding carboxylic acids is 1. The van der Waals surface area contributed by atoms with Crippen molar-refractivity contribution in [3.63, 3.8) is 0 Å². The fourth-order valence-corrected chi connectivity index (χ4v) is 3.08. The first-order valence-corrected chi connectivity index (χ1v) is 9.37. The first kappa shape index (κ1) is 19.2. The van der Waals surface area contributed by atoms with Crippen LogP contribution in [0.15, 0.2) is 47.1 Å². The summed E-state index contributed by atoms with van der Waals surface area (Å²) >= 11 is 0. The normalized spacial score (nSPS) is 11.3. The second-order valence-electron chi connectivity index (χ2n) is 7.23. The number of aryl methyl sites for hydroxylation is 2. The molecule has 4 heteroatoms. The van der Waals surface area contributed by atoms with Crippen LogP contribution in [0.2, 0.25) is 0 Å². The Morgan fingerprint density at radius 2 is 1.81 bits per heavy atom. The monoisotopic (exact) mass is 365 g/mol. The first-order valence-electron chi connectivity index (χ1n) is 9.37. The Kier molecular flexibility index (Phi) is 5.97. The minimum absolute atomic E-state index is 0.0180. The van der Waals surface area contributed by atoms with Gasteiger partial charge in [-0.25, -0.2) is 0 Å². The molecule has 1 aromatic heterocycles. The molecule has 0 aliphatic carbocycles. The highest BCUT2D eigenvalue weighted by Crippen LogP contribution is 2.26. The molecule has 2 aromatic carbocycles. The Balaban J connectivity index is 1.65. The van der Waals surface area contributed by atoms with Gasteiger partial charge in [0.15, 0.2) is 0 Å². The molecule has 142 valence electrons. The fourth-order valence-electron chi connectivity index (χ4n) is 3.08. The quantitative estimate of drug-likeness (QED) is 0.652. The number of ether oxygens (including phenoxy) is 1. The number of amides is 1. The molecule has 0 unspecified atom stereocenters. The summed E-state index contributed by atoms with van der Waals surface area (Å²) in [6, 6.07) is 12.1. The third-order valence-electron chi connectivity index (χ3n) is 4.86. The van der Waals surface area contributed by atoms with Gasteiger partial charge >= 0.3 is 0 Å². The van der Waals surface area contributed by atoms with Crippen molar-refractivity contribution >= 4 is 16.9 Å². The van der Waals surface area contributed by atoms with Crippen molar-refractivity contribution in [3.8, 4) is 0 Å². The molecule has 1 N–H and O–H groups in total. The average Bonchev–Trinajstić information content (AvgIpc) is 3.05. The zero-order valence-corrected chi connectivity index (χ0v) is 16.5. The van der Waals surface area contributed by atoms with E-state index in [1.165, 1.54) is 5.56 Å². The van der Waals surface area contributed by atoms with Gasteiger partial charge in [-0.1, -0.05) is 36.4 Å². The topological polar surface area (TPSA) is 51.5 Å². The summed E-state index contributed by atoms with van der Waals surface area (Å²) in [5, 5.41) is 4.03. The molecule has 0 radical (unpaired) electrons. The van der Waals surface area contributed by atoms with Crippen molar-refractivity contribution in [1.82, 2.24) is 5.32 Å². The molecular formula is C23H27NO3. The summed E-state index contributed by atoms with van der Waals surface area (Å²) in [7, 11) is 0. The second-order valence-corrected chi connectivity index (χ2v) is 7.23. The molecule has 3 rings (SSSR count). The highest BCUT2D eigenvalue weighted by Gasteiger charge is 2.13. The predicted molar refractivity (Wildman–Crippen MR) is 108 cm³/mol. The molecule has 0 aliphatic heterocycles. The molecule has 0 saturated carbocycles. The van der Waals surface area contributed by atoms with Crippen LogP contribution in [0.1, 0.15) is 41.7 Å². The van der Waals surface area contributed by atoms with Gasteiger partial charge in [0, 0.05) is 17.5 Å². The summed E-state index contributed by atoms with van der Waals surface area (Å²) < 4.78 is 11.4. The minimum Gasteiger partial charge on any atom is -0.464 e. The van der Waals surface area contributed by atoms with Crippen LogP contribution in [-0.2, 0) is 29.1 Å². The smallest absolute Gasteiger partial charge is 0.224 e. The zero-order valence-electron chi connectivity index (χ0n) is 16.5. The fraction of sp³-hybridized carbons (Fsp3) is 0.348. The van der Waals surface area contributed by atoms with Crippen LogP contribution >= 0.6 is 0 Å². The number of hydrogen-bond acceptors (Lipinski definition) is 3. The van der Waals surface area contributed by atoms with E-state index in [1.54, 1.807) is 6.26 Å². The van der Waals surface area contributed by atoms with Gasteiger partial charge in [0.2, 0.25) is 5.91 Å². The number of nitrogens with one attached hydrogen (secondary N) is 1. The maximum absolute atomic E-state index is 12.5. The Morgan fingerprint density at radius 1 is 1.07 bits per heavy atom. The lowest BCUT2D eigenvalue weighted by molar-refractivity contribution is -0.120. The number of carbonyl (C=O) groups is 1. The van der Waals surface area contributed by atoms with Crippen LogP contribution in [0.5, 0.6) is 0 Å². The van der Waals surface area contributed by atoms with Crippen LogP contribution in [0.3, 0.4) is 0 Å². The molecule has 0 bridgehead atoms. The lowest BCUT2D eigenvalue weighted by atomic mass is 10.0. The average molecular weight is 365 g/mol. The second kappa shape index (κ2) is 8.40. The van der Waals surface area contributed by atoms with Crippen molar-refractivity contribution in [2.24, 2.45) is 0 Å². The number of fused-ring (bicyclic) bond motifs is 1. The maximum atomic E-state index is 12.5. The first-order chi connectivity index (χ1) is 13.0. The molecule has 4 nitrogen and oxygen atoms in total. The number of furan rings is 1. The molecule has 3 aromatic rings. The van der Waals surface area contributed by atoms with Crippen molar-refractivity contribution in [2.75, 3.05) is 0 Å². The maximum Gasteiger partial charge on any atom is 0.224 e. The largest absolute Gasteiger partial charge is 0.464 e. The van der Waals surface area contributed by atoms with Gasteiger partial charge in [0.05, 0.1) is 25.4 Å². The Bertz CT molecular complexity index is 940. The molecule has 0 atom stereocenters. The van der Waals surface area contributed by atoms with Gasteiger partial charge in [-0.05, 0) is 49.9 Å². The third-order valence-corrected chi connectivity index (χ3v) is 4.86. The van der Waals surface area contributed by atoms with Crippen molar-refractivity contribution < 1.29 is 13.9 Å². The SMILES string of the molecule is Cc1ccc2c(CC(=O)NCc3ccccc3COC(C)C)coc2c1C. The molecule has 0 saturated heterocycles. The molecule has 1 heterocycles. The van der Waals surface area contributed by atoms with Gasteiger partial charge in [-0.2, -0.15) is 0 Å². The van der Waals surface area contributed by atoms with E-state index < -0.39 is 0 Å². The molecule has 0 aliphatic rings. The summed E-state index contributed by atoms with van der Waals surface area (Å²) in [5.74, 6) is -0.0180. The highest BCUT2D eigenvalue weighted by molar-refractivity contribution is 5.89. The van der Waals surface area contributed by atoms with Crippen molar-refractivity contribution in [2.45, 2.75) is 53.4 Å². The van der Waals surface area contributed by atoms with Crippen LogP contribution in [0.4, 0.5) is 0 Å². The van der Waals surface area contributed by atoms with Gasteiger partial charge in [-0.15, -0.1) is 0 Å². The van der Waals surface area contributed by atoms with E-state index in [0.717, 1.165) is 33.2 Å². The summed E-state index contributed by atoms with van der Waals surface area (Å²) in [6.07, 6.45) is 2.18. The third kappa shape index (κ3) is 4.58. The number of hydrogen-bond donors (Lipinski definition) is 1. The summed E-state index contributed by atoms with van der Waals surface area (Å²) in [6.45, 7) is 9.18. The van der Waals surface area contributed by atoms with Crippen LogP contribution in [0.25, 0.3) is 11.0 Å². The van der Waals surface area contributed by atoms with Crippen molar-refractivity contribution in [3.05, 3.63) is 70.5 Å². The Morgan fingerprint density at radius 3 is 2.56 bits per heavy atom. The molecule has 0 fully saturated rings. The van der Waals surface area contributed by atoms with E-state index in [1.807, 2.05) is 51.1 Å². The van der Waals surface area contributed by atoms with E-state index >= 15 is 0 Å². The van der Waals surface area contributed by atoms with E-state index in [9.17, 15) is 4.79 Å².